The van der Waals surface area contributed by atoms with Crippen LogP contribution in [-0.2, 0) is 12.8 Å². The van der Waals surface area contributed by atoms with E-state index < -0.39 is 0 Å². The highest BCUT2D eigenvalue weighted by Crippen LogP contribution is 2.57. The zero-order chi connectivity index (χ0) is 48.2. The van der Waals surface area contributed by atoms with Gasteiger partial charge in [-0.05, 0) is 181 Å². The first kappa shape index (κ1) is 40.1. The van der Waals surface area contributed by atoms with Gasteiger partial charge in [0.25, 0.3) is 0 Å². The average molecular weight is 937 g/mol. The smallest absolute Gasteiger partial charge is 0.0497 e. The van der Waals surface area contributed by atoms with Gasteiger partial charge < -0.3 is 9.80 Å². The molecule has 0 fully saturated rings. The number of para-hydroxylation sites is 4. The molecule has 2 aliphatic carbocycles. The zero-order valence-electron chi connectivity index (χ0n) is 40.4. The Morgan fingerprint density at radius 1 is 0.216 bits per heavy atom. The van der Waals surface area contributed by atoms with Crippen LogP contribution in [0.2, 0.25) is 0 Å². The summed E-state index contributed by atoms with van der Waals surface area (Å²) in [6.07, 6.45) is 1.81. The fourth-order valence-electron chi connectivity index (χ4n) is 13.9. The molecule has 17 rings (SSSR count). The van der Waals surface area contributed by atoms with Crippen LogP contribution in [-0.4, -0.2) is 0 Å². The third-order valence-electron chi connectivity index (χ3n) is 16.9. The minimum absolute atomic E-state index is 0.906. The molecule has 0 saturated carbocycles. The Balaban J connectivity index is 1.03. The zero-order valence-corrected chi connectivity index (χ0v) is 40.4. The Bertz CT molecular complexity index is 4190. The molecule has 13 aromatic carbocycles. The molecule has 13 aromatic rings. The largest absolute Gasteiger partial charge is 0.310 e. The highest BCUT2D eigenvalue weighted by Gasteiger charge is 2.31. The summed E-state index contributed by atoms with van der Waals surface area (Å²) < 4.78 is 0. The molecule has 0 bridgehead atoms. The lowest BCUT2D eigenvalue weighted by molar-refractivity contribution is 1.09. The maximum atomic E-state index is 2.52. The van der Waals surface area contributed by atoms with E-state index in [1.807, 2.05) is 0 Å². The van der Waals surface area contributed by atoms with Crippen molar-refractivity contribution in [3.8, 4) is 66.8 Å². The summed E-state index contributed by atoms with van der Waals surface area (Å²) in [6.45, 7) is 0. The maximum absolute atomic E-state index is 2.52. The Morgan fingerprint density at radius 2 is 0.527 bits per heavy atom. The lowest BCUT2D eigenvalue weighted by atomic mass is 9.82. The predicted octanol–water partition coefficient (Wildman–Crippen LogP) is 19.7. The van der Waals surface area contributed by atoms with Crippen molar-refractivity contribution in [2.45, 2.75) is 12.8 Å². The van der Waals surface area contributed by atoms with Crippen LogP contribution in [0.25, 0.3) is 110 Å². The molecule has 2 aliphatic heterocycles. The molecule has 2 heterocycles. The van der Waals surface area contributed by atoms with Crippen molar-refractivity contribution in [2.24, 2.45) is 0 Å². The fraction of sp³-hybridized carbons (Fsp3) is 0.0278. The van der Waals surface area contributed by atoms with E-state index in [9.17, 15) is 0 Å². The van der Waals surface area contributed by atoms with Crippen LogP contribution in [0.15, 0.2) is 243 Å². The van der Waals surface area contributed by atoms with Gasteiger partial charge >= 0.3 is 0 Å². The van der Waals surface area contributed by atoms with Crippen LogP contribution < -0.4 is 9.80 Å². The maximum Gasteiger partial charge on any atom is 0.0497 e. The van der Waals surface area contributed by atoms with Crippen LogP contribution in [0.4, 0.5) is 34.1 Å². The van der Waals surface area contributed by atoms with Crippen molar-refractivity contribution < 1.29 is 0 Å². The average Bonchev–Trinajstić information content (AvgIpc) is 4.03. The number of nitrogens with zero attached hydrogens (tertiary/aromatic N) is 2. The van der Waals surface area contributed by atoms with Crippen LogP contribution in [0.5, 0.6) is 0 Å². The van der Waals surface area contributed by atoms with Crippen LogP contribution in [0.1, 0.15) is 22.3 Å². The molecule has 0 atom stereocenters. The lowest BCUT2D eigenvalue weighted by Crippen LogP contribution is -2.18. The molecular formula is C72H44N2. The molecule has 0 unspecified atom stereocenters. The number of hydrogen-bond acceptors (Lipinski definition) is 2. The lowest BCUT2D eigenvalue weighted by Gasteiger charge is -2.34. The van der Waals surface area contributed by atoms with Crippen molar-refractivity contribution in [1.82, 2.24) is 0 Å². The van der Waals surface area contributed by atoms with E-state index in [2.05, 4.69) is 252 Å². The van der Waals surface area contributed by atoms with Gasteiger partial charge in [0.1, 0.15) is 0 Å². The highest BCUT2D eigenvalue weighted by atomic mass is 15.2. The van der Waals surface area contributed by atoms with Gasteiger partial charge in [0.05, 0.1) is 0 Å². The number of benzene rings is 13. The number of anilines is 6. The molecule has 0 amide bonds. The van der Waals surface area contributed by atoms with Crippen molar-refractivity contribution in [3.05, 3.63) is 265 Å². The summed E-state index contributed by atoms with van der Waals surface area (Å²) in [5.74, 6) is 0. The summed E-state index contributed by atoms with van der Waals surface area (Å²) in [6, 6.07) is 92.0. The summed E-state index contributed by atoms with van der Waals surface area (Å²) in [7, 11) is 0. The highest BCUT2D eigenvalue weighted by molar-refractivity contribution is 6.30. The Morgan fingerprint density at radius 3 is 0.905 bits per heavy atom. The van der Waals surface area contributed by atoms with E-state index in [0.29, 0.717) is 0 Å². The molecule has 342 valence electrons. The van der Waals surface area contributed by atoms with Crippen LogP contribution in [0, 0.1) is 0 Å². The second-order valence-electron chi connectivity index (χ2n) is 20.6. The molecule has 2 nitrogen and oxygen atoms in total. The molecule has 4 aliphatic rings. The van der Waals surface area contributed by atoms with E-state index in [4.69, 9.17) is 0 Å². The van der Waals surface area contributed by atoms with Gasteiger partial charge in [-0.1, -0.05) is 194 Å². The van der Waals surface area contributed by atoms with Crippen molar-refractivity contribution >= 4 is 77.2 Å². The molecular weight excluding hydrogens is 893 g/mol. The van der Waals surface area contributed by atoms with E-state index in [-0.39, 0.29) is 0 Å². The van der Waals surface area contributed by atoms with E-state index >= 15 is 0 Å². The first-order valence-electron chi connectivity index (χ1n) is 26.0. The SMILES string of the molecule is c1ccc2c(c1)Cc1ccccc1N2c1ccc2c(-c3ccc4c5c(cccc35)-c3ccccc3-4)c3cc(N4c5ccccc5Cc5ccccc54)ccc3c(-c3ccc4c5c(cccc35)-c3ccccc3-4)c2c1. The van der Waals surface area contributed by atoms with Gasteiger partial charge in [0.2, 0.25) is 0 Å². The second kappa shape index (κ2) is 15.0. The third-order valence-corrected chi connectivity index (χ3v) is 16.9. The molecule has 0 radical (unpaired) electrons. The molecule has 74 heavy (non-hydrogen) atoms. The quantitative estimate of drug-likeness (QED) is 0.162. The van der Waals surface area contributed by atoms with E-state index in [1.54, 1.807) is 0 Å². The molecule has 0 saturated heterocycles. The predicted molar refractivity (Wildman–Crippen MR) is 311 cm³/mol. The monoisotopic (exact) mass is 936 g/mol. The normalized spacial score (nSPS) is 13.2. The number of rotatable bonds is 4. The van der Waals surface area contributed by atoms with Crippen LogP contribution in [0.3, 0.4) is 0 Å². The van der Waals surface area contributed by atoms with Gasteiger partial charge in [-0.2, -0.15) is 0 Å². The molecule has 2 heteroatoms. The van der Waals surface area contributed by atoms with Crippen molar-refractivity contribution in [2.75, 3.05) is 9.80 Å². The van der Waals surface area contributed by atoms with E-state index in [0.717, 1.165) is 24.2 Å². The van der Waals surface area contributed by atoms with Gasteiger partial charge in [-0.3, -0.25) is 0 Å². The minimum atomic E-state index is 0.906. The second-order valence-corrected chi connectivity index (χ2v) is 20.6. The molecule has 0 aromatic heterocycles. The standard InChI is InChI=1S/C72H44N2/c1-9-27-65-43(15-1)39-44-16-2-10-28-66(44)73(65)47-31-33-61-63(41-47)71(59-37-35-57-51-21-7-5-19-49(51)53-23-13-25-55(59)69(53)57)62-34-32-48(74-67-29-11-3-17-45(67)40-46-18-4-12-30-68(46)74)42-64(62)72(61)60-38-36-58-52-22-8-6-20-50(52)54-24-14-26-56(60)70(54)58/h1-38,41-42H,39-40H2. The molecule has 0 N–H and O–H groups in total. The van der Waals surface area contributed by atoms with Crippen LogP contribution >= 0.6 is 0 Å². The minimum Gasteiger partial charge on any atom is -0.310 e. The summed E-state index contributed by atoms with van der Waals surface area (Å²) in [5.41, 5.74) is 28.0. The molecule has 0 spiro atoms. The van der Waals surface area contributed by atoms with Gasteiger partial charge in [-0.25, -0.2) is 0 Å². The Labute approximate surface area is 429 Å². The van der Waals surface area contributed by atoms with Gasteiger partial charge in [0.15, 0.2) is 0 Å². The van der Waals surface area contributed by atoms with Crippen molar-refractivity contribution in [3.63, 3.8) is 0 Å². The summed E-state index contributed by atoms with van der Waals surface area (Å²) in [4.78, 5) is 5.02. The summed E-state index contributed by atoms with van der Waals surface area (Å²) in [5, 5.41) is 10.1. The Hall–Kier alpha value is -9.50. The first-order chi connectivity index (χ1) is 36.7. The fourth-order valence-corrected chi connectivity index (χ4v) is 13.9. The number of fused-ring (bicyclic) bond motifs is 12. The first-order valence-corrected chi connectivity index (χ1v) is 26.0. The van der Waals surface area contributed by atoms with Gasteiger partial charge in [0, 0.05) is 47.0 Å². The topological polar surface area (TPSA) is 6.48 Å². The number of hydrogen-bond donors (Lipinski definition) is 0. The van der Waals surface area contributed by atoms with Gasteiger partial charge in [-0.15, -0.1) is 0 Å². The van der Waals surface area contributed by atoms with E-state index in [1.165, 1.54) is 155 Å². The Kier molecular flexibility index (Phi) is 8.15. The van der Waals surface area contributed by atoms with Crippen molar-refractivity contribution in [1.29, 1.82) is 0 Å². The summed E-state index contributed by atoms with van der Waals surface area (Å²) >= 11 is 0. The third kappa shape index (κ3) is 5.44.